The molecule has 0 spiro atoms. The van der Waals surface area contributed by atoms with Crippen molar-refractivity contribution in [3.05, 3.63) is 80.4 Å². The van der Waals surface area contributed by atoms with Gasteiger partial charge >= 0.3 is 5.63 Å². The first-order valence-electron chi connectivity index (χ1n) is 9.00. The van der Waals surface area contributed by atoms with E-state index >= 15 is 0 Å². The van der Waals surface area contributed by atoms with Crippen molar-refractivity contribution in [1.82, 2.24) is 4.72 Å². The Morgan fingerprint density at radius 2 is 1.71 bits per heavy atom. The number of furan rings is 1. The van der Waals surface area contributed by atoms with Crippen molar-refractivity contribution in [3.63, 3.8) is 0 Å². The second kappa shape index (κ2) is 7.85. The zero-order valence-electron chi connectivity index (χ0n) is 16.2. The molecule has 2 aromatic heterocycles. The van der Waals surface area contributed by atoms with Gasteiger partial charge in [0.25, 0.3) is 0 Å². The van der Waals surface area contributed by atoms with Gasteiger partial charge in [0.05, 0.1) is 13.4 Å². The van der Waals surface area contributed by atoms with Crippen LogP contribution in [0.25, 0.3) is 21.9 Å². The summed E-state index contributed by atoms with van der Waals surface area (Å²) in [5.41, 5.74) is 0.551. The van der Waals surface area contributed by atoms with Gasteiger partial charge in [-0.25, -0.2) is 17.9 Å². The van der Waals surface area contributed by atoms with Crippen molar-refractivity contribution < 1.29 is 26.9 Å². The molecule has 160 valence electrons. The SMILES string of the molecule is COc1c2occc2c(S(=O)(=O)NCc2ccc(C[N+](=O)[O-])cc2)c2ccc(=O)oc12. The summed E-state index contributed by atoms with van der Waals surface area (Å²) in [5.74, 6) is 0.119. The standard InChI is InChI=1S/C20H16N2O8S/c1-28-19-17-15(8-9-29-17)20(14-6-7-16(23)30-18(14)19)31(26,27)21-10-12-2-4-13(5-3-12)11-22(24)25/h2-9,21H,10-11H2,1H3. The zero-order valence-corrected chi connectivity index (χ0v) is 17.0. The Balaban J connectivity index is 1.75. The molecule has 0 saturated heterocycles. The maximum Gasteiger partial charge on any atom is 0.336 e. The molecule has 0 aliphatic carbocycles. The molecule has 0 atom stereocenters. The topological polar surface area (TPSA) is 142 Å². The van der Waals surface area contributed by atoms with E-state index in [1.807, 2.05) is 0 Å². The van der Waals surface area contributed by atoms with Gasteiger partial charge in [-0.3, -0.25) is 10.1 Å². The third kappa shape index (κ3) is 3.88. The second-order valence-corrected chi connectivity index (χ2v) is 8.36. The molecule has 2 heterocycles. The smallest absolute Gasteiger partial charge is 0.336 e. The predicted molar refractivity (Wildman–Crippen MR) is 110 cm³/mol. The predicted octanol–water partition coefficient (Wildman–Crippen LogP) is 2.80. The number of nitrogens with zero attached hydrogens (tertiary/aromatic N) is 1. The summed E-state index contributed by atoms with van der Waals surface area (Å²) in [5, 5.41) is 11.0. The minimum atomic E-state index is -4.08. The van der Waals surface area contributed by atoms with E-state index in [1.54, 1.807) is 24.3 Å². The zero-order chi connectivity index (χ0) is 22.2. The Morgan fingerprint density at radius 3 is 2.39 bits per heavy atom. The fourth-order valence-electron chi connectivity index (χ4n) is 3.31. The maximum absolute atomic E-state index is 13.2. The van der Waals surface area contributed by atoms with Crippen LogP contribution in [0.15, 0.2) is 67.3 Å². The first-order chi connectivity index (χ1) is 14.8. The van der Waals surface area contributed by atoms with Gasteiger partial charge < -0.3 is 13.6 Å². The lowest BCUT2D eigenvalue weighted by Gasteiger charge is -2.13. The number of hydrogen-bond acceptors (Lipinski definition) is 8. The Morgan fingerprint density at radius 1 is 1.03 bits per heavy atom. The molecule has 2 aromatic carbocycles. The lowest BCUT2D eigenvalue weighted by atomic mass is 10.1. The van der Waals surface area contributed by atoms with Crippen molar-refractivity contribution in [2.75, 3.05) is 7.11 Å². The summed E-state index contributed by atoms with van der Waals surface area (Å²) >= 11 is 0. The van der Waals surface area contributed by atoms with Crippen LogP contribution in [0.2, 0.25) is 0 Å². The Kier molecular flexibility index (Phi) is 5.21. The van der Waals surface area contributed by atoms with Crippen LogP contribution in [0.1, 0.15) is 11.1 Å². The number of benzene rings is 2. The highest BCUT2D eigenvalue weighted by Gasteiger charge is 2.27. The van der Waals surface area contributed by atoms with Crippen LogP contribution in [0.5, 0.6) is 5.75 Å². The molecule has 0 radical (unpaired) electrons. The van der Waals surface area contributed by atoms with E-state index in [9.17, 15) is 23.3 Å². The molecule has 0 fully saturated rings. The molecule has 0 aliphatic rings. The lowest BCUT2D eigenvalue weighted by molar-refractivity contribution is -0.496. The van der Waals surface area contributed by atoms with Crippen LogP contribution >= 0.6 is 0 Å². The minimum Gasteiger partial charge on any atom is -0.490 e. The van der Waals surface area contributed by atoms with Gasteiger partial charge in [0.2, 0.25) is 22.3 Å². The molecule has 0 unspecified atom stereocenters. The quantitative estimate of drug-likeness (QED) is 0.260. The second-order valence-electron chi connectivity index (χ2n) is 6.65. The van der Waals surface area contributed by atoms with Gasteiger partial charge in [0.1, 0.15) is 4.90 Å². The first-order valence-corrected chi connectivity index (χ1v) is 10.5. The molecule has 11 heteroatoms. The molecule has 0 aliphatic heterocycles. The van der Waals surface area contributed by atoms with Gasteiger partial charge in [-0.05, 0) is 17.7 Å². The fraction of sp³-hybridized carbons (Fsp3) is 0.150. The minimum absolute atomic E-state index is 0.0399. The number of ether oxygens (including phenoxy) is 1. The van der Waals surface area contributed by atoms with Crippen LogP contribution < -0.4 is 15.1 Å². The summed E-state index contributed by atoms with van der Waals surface area (Å²) in [6.07, 6.45) is 1.32. The molecular weight excluding hydrogens is 428 g/mol. The molecule has 0 bridgehead atoms. The number of hydrogen-bond donors (Lipinski definition) is 1. The summed E-state index contributed by atoms with van der Waals surface area (Å²) in [6.45, 7) is -0.363. The van der Waals surface area contributed by atoms with Gasteiger partial charge in [-0.1, -0.05) is 24.3 Å². The summed E-state index contributed by atoms with van der Waals surface area (Å²) < 4.78 is 44.9. The molecule has 1 N–H and O–H groups in total. The summed E-state index contributed by atoms with van der Waals surface area (Å²) in [7, 11) is -2.72. The molecule has 10 nitrogen and oxygen atoms in total. The number of sulfonamides is 1. The van der Waals surface area contributed by atoms with Gasteiger partial charge in [0, 0.05) is 33.9 Å². The Labute approximate surface area is 175 Å². The molecule has 31 heavy (non-hydrogen) atoms. The normalized spacial score (nSPS) is 11.8. The van der Waals surface area contributed by atoms with E-state index in [2.05, 4.69) is 4.72 Å². The molecule has 0 saturated carbocycles. The van der Waals surface area contributed by atoms with Crippen LogP contribution in [0, 0.1) is 10.1 Å². The van der Waals surface area contributed by atoms with Crippen LogP contribution in [0.4, 0.5) is 0 Å². The molecular formula is C20H16N2O8S. The van der Waals surface area contributed by atoms with E-state index in [4.69, 9.17) is 13.6 Å². The number of nitrogens with one attached hydrogen (secondary N) is 1. The lowest BCUT2D eigenvalue weighted by Crippen LogP contribution is -2.24. The van der Waals surface area contributed by atoms with Gasteiger partial charge in [0.15, 0.2) is 11.2 Å². The van der Waals surface area contributed by atoms with Gasteiger partial charge in [-0.2, -0.15) is 0 Å². The van der Waals surface area contributed by atoms with Gasteiger partial charge in [-0.15, -0.1) is 0 Å². The average molecular weight is 444 g/mol. The van der Waals surface area contributed by atoms with E-state index < -0.39 is 20.6 Å². The largest absolute Gasteiger partial charge is 0.490 e. The summed E-state index contributed by atoms with van der Waals surface area (Å²) in [6, 6.07) is 10.3. The Hall–Kier alpha value is -3.70. The van der Waals surface area contributed by atoms with Crippen molar-refractivity contribution in [3.8, 4) is 5.75 Å². The molecule has 4 aromatic rings. The van der Waals surface area contributed by atoms with Crippen molar-refractivity contribution >= 4 is 32.0 Å². The number of rotatable bonds is 7. The number of methoxy groups -OCH3 is 1. The monoisotopic (exact) mass is 444 g/mol. The van der Waals surface area contributed by atoms with Crippen molar-refractivity contribution in [1.29, 1.82) is 0 Å². The molecule has 0 amide bonds. The average Bonchev–Trinajstić information content (AvgIpc) is 3.19. The highest BCUT2D eigenvalue weighted by molar-refractivity contribution is 7.90. The number of nitro groups is 1. The first kappa shape index (κ1) is 20.6. The van der Waals surface area contributed by atoms with E-state index in [1.165, 1.54) is 25.5 Å². The van der Waals surface area contributed by atoms with Crippen LogP contribution in [-0.4, -0.2) is 20.5 Å². The summed E-state index contributed by atoms with van der Waals surface area (Å²) in [4.78, 5) is 21.8. The van der Waals surface area contributed by atoms with Crippen LogP contribution in [-0.2, 0) is 23.1 Å². The molecule has 4 rings (SSSR count). The van der Waals surface area contributed by atoms with Crippen molar-refractivity contribution in [2.24, 2.45) is 0 Å². The highest BCUT2D eigenvalue weighted by Crippen LogP contribution is 2.40. The van der Waals surface area contributed by atoms with E-state index in [0.717, 1.165) is 6.07 Å². The highest BCUT2D eigenvalue weighted by atomic mass is 32.2. The van der Waals surface area contributed by atoms with Crippen molar-refractivity contribution in [2.45, 2.75) is 18.0 Å². The number of fused-ring (bicyclic) bond motifs is 2. The maximum atomic E-state index is 13.2. The van der Waals surface area contributed by atoms with E-state index in [-0.39, 0.29) is 45.7 Å². The van der Waals surface area contributed by atoms with E-state index in [0.29, 0.717) is 11.1 Å². The third-order valence-corrected chi connectivity index (χ3v) is 6.18. The fourth-order valence-corrected chi connectivity index (χ4v) is 4.71. The third-order valence-electron chi connectivity index (χ3n) is 4.67. The van der Waals surface area contributed by atoms with Crippen LogP contribution in [0.3, 0.4) is 0 Å². The Bertz CT molecular complexity index is 1450.